The van der Waals surface area contributed by atoms with E-state index < -0.39 is 12.0 Å². The molecule has 1 unspecified atom stereocenters. The summed E-state index contributed by atoms with van der Waals surface area (Å²) in [6, 6.07) is -0.535. The van der Waals surface area contributed by atoms with Crippen molar-refractivity contribution in [2.45, 2.75) is 38.8 Å². The first-order valence-electron chi connectivity index (χ1n) is 5.34. The highest BCUT2D eigenvalue weighted by Gasteiger charge is 2.14. The molecule has 1 rings (SSSR count). The molecule has 1 heterocycles. The average Bonchev–Trinajstić information content (AvgIpc) is 2.67. The number of carboxylic acid groups (broad SMARTS) is 1. The van der Waals surface area contributed by atoms with Crippen molar-refractivity contribution >= 4 is 5.97 Å². The highest BCUT2D eigenvalue weighted by atomic mass is 16.4. The predicted molar refractivity (Wildman–Crippen MR) is 59.2 cm³/mol. The minimum absolute atomic E-state index is 0.292. The largest absolute Gasteiger partial charge is 0.480 e. The van der Waals surface area contributed by atoms with Crippen molar-refractivity contribution in [2.24, 2.45) is 0 Å². The third kappa shape index (κ3) is 3.30. The molecule has 0 spiro atoms. The molecule has 0 aliphatic heterocycles. The van der Waals surface area contributed by atoms with Crippen LogP contribution in [-0.2, 0) is 11.3 Å². The lowest BCUT2D eigenvalue weighted by Crippen LogP contribution is -2.34. The Balaban J connectivity index is 2.50. The summed E-state index contributed by atoms with van der Waals surface area (Å²) < 4.78 is 1.68. The highest BCUT2D eigenvalue weighted by Crippen LogP contribution is 2.07. The van der Waals surface area contributed by atoms with Crippen molar-refractivity contribution in [1.82, 2.24) is 20.1 Å². The van der Waals surface area contributed by atoms with E-state index in [1.807, 2.05) is 13.8 Å². The standard InChI is InChI=1S/C10H18N4O2/c1-7(2)9-12-6-14(13-9)5-4-8(11-3)10(15)16/h6-8,11H,4-5H2,1-3H3,(H,15,16). The number of rotatable bonds is 6. The SMILES string of the molecule is CNC(CCn1cnc(C(C)C)n1)C(=O)O. The molecular weight excluding hydrogens is 208 g/mol. The molecule has 0 aromatic carbocycles. The molecule has 0 fully saturated rings. The van der Waals surface area contributed by atoms with Crippen molar-refractivity contribution in [1.29, 1.82) is 0 Å². The van der Waals surface area contributed by atoms with Gasteiger partial charge in [0.15, 0.2) is 5.82 Å². The number of aromatic nitrogens is 3. The van der Waals surface area contributed by atoms with Crippen molar-refractivity contribution in [3.63, 3.8) is 0 Å². The van der Waals surface area contributed by atoms with Crippen LogP contribution in [0.25, 0.3) is 0 Å². The quantitative estimate of drug-likeness (QED) is 0.736. The van der Waals surface area contributed by atoms with Crippen LogP contribution in [0, 0.1) is 0 Å². The van der Waals surface area contributed by atoms with Gasteiger partial charge in [0, 0.05) is 12.5 Å². The van der Waals surface area contributed by atoms with Crippen LogP contribution in [0.1, 0.15) is 32.0 Å². The molecular formula is C10H18N4O2. The summed E-state index contributed by atoms with van der Waals surface area (Å²) in [6.07, 6.45) is 2.14. The Labute approximate surface area is 94.7 Å². The number of carbonyl (C=O) groups is 1. The van der Waals surface area contributed by atoms with Gasteiger partial charge < -0.3 is 10.4 Å². The molecule has 1 aromatic rings. The third-order valence-electron chi connectivity index (χ3n) is 2.36. The molecule has 90 valence electrons. The molecule has 0 aliphatic rings. The molecule has 0 radical (unpaired) electrons. The molecule has 16 heavy (non-hydrogen) atoms. The van der Waals surface area contributed by atoms with E-state index in [-0.39, 0.29) is 0 Å². The second-order valence-corrected chi connectivity index (χ2v) is 3.99. The van der Waals surface area contributed by atoms with Crippen molar-refractivity contribution in [2.75, 3.05) is 7.05 Å². The van der Waals surface area contributed by atoms with E-state index in [0.29, 0.717) is 18.9 Å². The average molecular weight is 226 g/mol. The van der Waals surface area contributed by atoms with Gasteiger partial charge in [-0.25, -0.2) is 4.98 Å². The zero-order chi connectivity index (χ0) is 12.1. The fourth-order valence-electron chi connectivity index (χ4n) is 1.33. The first-order valence-corrected chi connectivity index (χ1v) is 5.34. The number of carboxylic acids is 1. The highest BCUT2D eigenvalue weighted by molar-refractivity contribution is 5.73. The number of aryl methyl sites for hydroxylation is 1. The van der Waals surface area contributed by atoms with Gasteiger partial charge in [-0.15, -0.1) is 0 Å². The Hall–Kier alpha value is -1.43. The van der Waals surface area contributed by atoms with Gasteiger partial charge in [-0.05, 0) is 13.5 Å². The smallest absolute Gasteiger partial charge is 0.320 e. The van der Waals surface area contributed by atoms with Crippen LogP contribution >= 0.6 is 0 Å². The summed E-state index contributed by atoms with van der Waals surface area (Å²) >= 11 is 0. The molecule has 0 amide bonds. The van der Waals surface area contributed by atoms with E-state index in [1.54, 1.807) is 18.1 Å². The summed E-state index contributed by atoms with van der Waals surface area (Å²) in [5.74, 6) is 0.240. The first kappa shape index (κ1) is 12.6. The Morgan fingerprint density at radius 1 is 1.62 bits per heavy atom. The Kier molecular flexibility index (Phi) is 4.42. The van der Waals surface area contributed by atoms with E-state index in [9.17, 15) is 4.79 Å². The number of aliphatic carboxylic acids is 1. The van der Waals surface area contributed by atoms with Gasteiger partial charge >= 0.3 is 5.97 Å². The Morgan fingerprint density at radius 2 is 2.31 bits per heavy atom. The van der Waals surface area contributed by atoms with E-state index in [1.165, 1.54) is 0 Å². The summed E-state index contributed by atoms with van der Waals surface area (Å²) in [6.45, 7) is 4.60. The van der Waals surface area contributed by atoms with E-state index in [0.717, 1.165) is 5.82 Å². The van der Waals surface area contributed by atoms with Crippen LogP contribution in [0.3, 0.4) is 0 Å². The van der Waals surface area contributed by atoms with E-state index in [4.69, 9.17) is 5.11 Å². The molecule has 0 bridgehead atoms. The first-order chi connectivity index (χ1) is 7.54. The van der Waals surface area contributed by atoms with Gasteiger partial charge in [0.25, 0.3) is 0 Å². The lowest BCUT2D eigenvalue weighted by atomic mass is 10.2. The van der Waals surface area contributed by atoms with Crippen LogP contribution in [0.15, 0.2) is 6.33 Å². The minimum atomic E-state index is -0.841. The molecule has 1 aromatic heterocycles. The van der Waals surface area contributed by atoms with E-state index >= 15 is 0 Å². The van der Waals surface area contributed by atoms with Crippen LogP contribution < -0.4 is 5.32 Å². The summed E-state index contributed by atoms with van der Waals surface area (Å²) in [4.78, 5) is 14.9. The van der Waals surface area contributed by atoms with E-state index in [2.05, 4.69) is 15.4 Å². The number of hydrogen-bond acceptors (Lipinski definition) is 4. The molecule has 0 saturated carbocycles. The predicted octanol–water partition coefficient (Wildman–Crippen LogP) is 0.464. The maximum atomic E-state index is 10.8. The van der Waals surface area contributed by atoms with Crippen molar-refractivity contribution in [3.8, 4) is 0 Å². The van der Waals surface area contributed by atoms with Gasteiger partial charge in [-0.1, -0.05) is 13.8 Å². The maximum absolute atomic E-state index is 10.8. The van der Waals surface area contributed by atoms with Crippen molar-refractivity contribution < 1.29 is 9.90 Å². The van der Waals surface area contributed by atoms with Gasteiger partial charge in [0.2, 0.25) is 0 Å². The number of likely N-dealkylation sites (N-methyl/N-ethyl adjacent to an activating group) is 1. The summed E-state index contributed by atoms with van der Waals surface area (Å²) in [5, 5.41) is 15.8. The summed E-state index contributed by atoms with van der Waals surface area (Å²) in [5.41, 5.74) is 0. The number of nitrogens with zero attached hydrogens (tertiary/aromatic N) is 3. The second-order valence-electron chi connectivity index (χ2n) is 3.99. The lowest BCUT2D eigenvalue weighted by Gasteiger charge is -2.10. The fourth-order valence-corrected chi connectivity index (χ4v) is 1.33. The Morgan fingerprint density at radius 3 is 2.75 bits per heavy atom. The van der Waals surface area contributed by atoms with Gasteiger partial charge in [-0.3, -0.25) is 9.48 Å². The Bertz CT molecular complexity index is 348. The van der Waals surface area contributed by atoms with Crippen LogP contribution in [0.4, 0.5) is 0 Å². The van der Waals surface area contributed by atoms with Gasteiger partial charge in [0.1, 0.15) is 12.4 Å². The van der Waals surface area contributed by atoms with Gasteiger partial charge in [0.05, 0.1) is 0 Å². The third-order valence-corrected chi connectivity index (χ3v) is 2.36. The van der Waals surface area contributed by atoms with Crippen LogP contribution in [-0.4, -0.2) is 38.9 Å². The van der Waals surface area contributed by atoms with Gasteiger partial charge in [-0.2, -0.15) is 5.10 Å². The normalized spacial score (nSPS) is 13.0. The molecule has 1 atom stereocenters. The van der Waals surface area contributed by atoms with Crippen LogP contribution in [0.5, 0.6) is 0 Å². The summed E-state index contributed by atoms with van der Waals surface area (Å²) in [7, 11) is 1.64. The molecule has 0 saturated heterocycles. The maximum Gasteiger partial charge on any atom is 0.320 e. The lowest BCUT2D eigenvalue weighted by molar-refractivity contribution is -0.139. The van der Waals surface area contributed by atoms with Crippen molar-refractivity contribution in [3.05, 3.63) is 12.2 Å². The topological polar surface area (TPSA) is 80.0 Å². The second kappa shape index (κ2) is 5.60. The number of hydrogen-bond donors (Lipinski definition) is 2. The monoisotopic (exact) mass is 226 g/mol. The zero-order valence-electron chi connectivity index (χ0n) is 9.84. The molecule has 2 N–H and O–H groups in total. The minimum Gasteiger partial charge on any atom is -0.480 e. The molecule has 6 nitrogen and oxygen atoms in total. The van der Waals surface area contributed by atoms with Crippen LogP contribution in [0.2, 0.25) is 0 Å². The molecule has 0 aliphatic carbocycles. The fraction of sp³-hybridized carbons (Fsp3) is 0.700. The number of nitrogens with one attached hydrogen (secondary N) is 1. The zero-order valence-corrected chi connectivity index (χ0v) is 9.84. The molecule has 6 heteroatoms.